The number of rotatable bonds is 3. The Kier molecular flexibility index (Phi) is 3.19. The van der Waals surface area contributed by atoms with E-state index in [-0.39, 0.29) is 10.5 Å². The van der Waals surface area contributed by atoms with Crippen molar-refractivity contribution in [2.75, 3.05) is 4.72 Å². The molecule has 0 bridgehead atoms. The summed E-state index contributed by atoms with van der Waals surface area (Å²) in [4.78, 5) is 17.3. The summed E-state index contributed by atoms with van der Waals surface area (Å²) >= 11 is 0. The zero-order valence-electron chi connectivity index (χ0n) is 10.8. The van der Waals surface area contributed by atoms with Crippen LogP contribution in [-0.4, -0.2) is 18.4 Å². The van der Waals surface area contributed by atoms with Crippen LogP contribution in [-0.2, 0) is 10.0 Å². The number of H-pyrrole nitrogens is 1. The fourth-order valence-corrected chi connectivity index (χ4v) is 3.03. The average molecular weight is 301 g/mol. The van der Waals surface area contributed by atoms with Gasteiger partial charge in [0.15, 0.2) is 0 Å². The van der Waals surface area contributed by atoms with Crippen LogP contribution in [0.25, 0.3) is 10.8 Å². The second-order valence-electron chi connectivity index (χ2n) is 4.40. The Morgan fingerprint density at radius 3 is 2.71 bits per heavy atom. The maximum atomic E-state index is 12.3. The van der Waals surface area contributed by atoms with Gasteiger partial charge in [0, 0.05) is 35.4 Å². The second-order valence-corrected chi connectivity index (χ2v) is 6.08. The summed E-state index contributed by atoms with van der Waals surface area (Å²) in [5, 5.41) is 1.58. The maximum absolute atomic E-state index is 12.3. The van der Waals surface area contributed by atoms with Gasteiger partial charge in [0.2, 0.25) is 5.56 Å². The van der Waals surface area contributed by atoms with E-state index in [0.717, 1.165) is 17.0 Å². The highest BCUT2D eigenvalue weighted by atomic mass is 32.2. The number of fused-ring (bicyclic) bond motifs is 1. The van der Waals surface area contributed by atoms with Gasteiger partial charge >= 0.3 is 0 Å². The van der Waals surface area contributed by atoms with Gasteiger partial charge in [0.05, 0.1) is 5.69 Å². The molecule has 0 spiro atoms. The fraction of sp³-hybridized carbons (Fsp3) is 0. The van der Waals surface area contributed by atoms with Crippen molar-refractivity contribution in [1.29, 1.82) is 0 Å². The minimum absolute atomic E-state index is 0.00633. The van der Waals surface area contributed by atoms with Gasteiger partial charge in [-0.05, 0) is 18.2 Å². The topological polar surface area (TPSA) is 91.9 Å². The van der Waals surface area contributed by atoms with E-state index >= 15 is 0 Å². The molecule has 0 atom stereocenters. The van der Waals surface area contributed by atoms with Crippen molar-refractivity contribution in [1.82, 2.24) is 9.97 Å². The van der Waals surface area contributed by atoms with E-state index < -0.39 is 10.0 Å². The smallest absolute Gasteiger partial charge is 0.263 e. The first-order valence-corrected chi connectivity index (χ1v) is 7.59. The highest BCUT2D eigenvalue weighted by Crippen LogP contribution is 2.24. The van der Waals surface area contributed by atoms with Crippen LogP contribution in [0.1, 0.15) is 0 Å². The lowest BCUT2D eigenvalue weighted by Crippen LogP contribution is -2.15. The molecule has 0 fully saturated rings. The molecular weight excluding hydrogens is 290 g/mol. The lowest BCUT2D eigenvalue weighted by molar-refractivity contribution is 0.601. The molecule has 6 nitrogen and oxygen atoms in total. The molecule has 1 aromatic carbocycles. The highest BCUT2D eigenvalue weighted by Gasteiger charge is 2.15. The average Bonchev–Trinajstić information content (AvgIpc) is 2.48. The molecule has 3 aromatic rings. The summed E-state index contributed by atoms with van der Waals surface area (Å²) in [5.41, 5.74) is 0.103. The van der Waals surface area contributed by atoms with Crippen LogP contribution < -0.4 is 10.3 Å². The van der Waals surface area contributed by atoms with Crippen LogP contribution in [0.5, 0.6) is 0 Å². The van der Waals surface area contributed by atoms with Crippen molar-refractivity contribution in [3.05, 3.63) is 65.3 Å². The van der Waals surface area contributed by atoms with Gasteiger partial charge in [0.25, 0.3) is 10.0 Å². The van der Waals surface area contributed by atoms with Crippen LogP contribution in [0, 0.1) is 0 Å². The third-order valence-corrected chi connectivity index (χ3v) is 4.35. The molecule has 2 N–H and O–H groups in total. The third-order valence-electron chi connectivity index (χ3n) is 2.99. The normalized spacial score (nSPS) is 11.4. The Labute approximate surface area is 120 Å². The largest absolute Gasteiger partial charge is 0.328 e. The lowest BCUT2D eigenvalue weighted by atomic mass is 10.1. The SMILES string of the molecule is O=c1ccc(S(=O)(=O)Nc2cccc3cnccc23)c[nH]1. The highest BCUT2D eigenvalue weighted by molar-refractivity contribution is 7.92. The Bertz CT molecular complexity index is 939. The summed E-state index contributed by atoms with van der Waals surface area (Å²) in [6, 6.07) is 9.43. The third kappa shape index (κ3) is 2.63. The number of nitrogens with zero attached hydrogens (tertiary/aromatic N) is 1. The van der Waals surface area contributed by atoms with E-state index in [1.807, 2.05) is 6.07 Å². The van der Waals surface area contributed by atoms with E-state index in [4.69, 9.17) is 0 Å². The van der Waals surface area contributed by atoms with Gasteiger partial charge in [-0.25, -0.2) is 8.42 Å². The minimum Gasteiger partial charge on any atom is -0.328 e. The quantitative estimate of drug-likeness (QED) is 0.770. The number of hydrogen-bond donors (Lipinski definition) is 2. The van der Waals surface area contributed by atoms with Crippen molar-refractivity contribution in [3.63, 3.8) is 0 Å². The van der Waals surface area contributed by atoms with Crippen molar-refractivity contribution < 1.29 is 8.42 Å². The van der Waals surface area contributed by atoms with Crippen LogP contribution in [0.3, 0.4) is 0 Å². The monoisotopic (exact) mass is 301 g/mol. The predicted molar refractivity (Wildman–Crippen MR) is 79.6 cm³/mol. The molecule has 0 radical (unpaired) electrons. The first kappa shape index (κ1) is 13.3. The van der Waals surface area contributed by atoms with Gasteiger partial charge in [-0.15, -0.1) is 0 Å². The molecule has 0 aliphatic carbocycles. The van der Waals surface area contributed by atoms with Gasteiger partial charge in [0.1, 0.15) is 4.90 Å². The number of aromatic amines is 1. The molecule has 7 heteroatoms. The van der Waals surface area contributed by atoms with Gasteiger partial charge in [-0.3, -0.25) is 14.5 Å². The van der Waals surface area contributed by atoms with Crippen LogP contribution >= 0.6 is 0 Å². The molecule has 0 unspecified atom stereocenters. The Morgan fingerprint density at radius 1 is 1.10 bits per heavy atom. The summed E-state index contributed by atoms with van der Waals surface area (Å²) in [5.74, 6) is 0. The van der Waals surface area contributed by atoms with Gasteiger partial charge in [-0.1, -0.05) is 12.1 Å². The molecule has 21 heavy (non-hydrogen) atoms. The molecule has 0 amide bonds. The van der Waals surface area contributed by atoms with Gasteiger partial charge in [-0.2, -0.15) is 0 Å². The molecule has 3 rings (SSSR count). The summed E-state index contributed by atoms with van der Waals surface area (Å²) in [7, 11) is -3.76. The molecule has 0 aliphatic heterocycles. The summed E-state index contributed by atoms with van der Waals surface area (Å²) in [6.07, 6.45) is 4.42. The predicted octanol–water partition coefficient (Wildman–Crippen LogP) is 1.72. The molecule has 0 saturated heterocycles. The summed E-state index contributed by atoms with van der Waals surface area (Å²) < 4.78 is 27.1. The number of sulfonamides is 1. The van der Waals surface area contributed by atoms with Crippen molar-refractivity contribution in [3.8, 4) is 0 Å². The Hall–Kier alpha value is -2.67. The minimum atomic E-state index is -3.76. The number of benzene rings is 1. The van der Waals surface area contributed by atoms with Crippen LogP contribution in [0.2, 0.25) is 0 Å². The van der Waals surface area contributed by atoms with Crippen LogP contribution in [0.4, 0.5) is 5.69 Å². The van der Waals surface area contributed by atoms with E-state index in [0.29, 0.717) is 5.69 Å². The molecule has 0 saturated carbocycles. The summed E-state index contributed by atoms with van der Waals surface area (Å²) in [6.45, 7) is 0. The van der Waals surface area contributed by atoms with E-state index in [9.17, 15) is 13.2 Å². The van der Waals surface area contributed by atoms with Crippen LogP contribution in [0.15, 0.2) is 64.7 Å². The molecule has 2 heterocycles. The van der Waals surface area contributed by atoms with Crippen molar-refractivity contribution >= 4 is 26.5 Å². The van der Waals surface area contributed by atoms with E-state index in [2.05, 4.69) is 14.7 Å². The first-order valence-electron chi connectivity index (χ1n) is 6.10. The molecular formula is C14H11N3O3S. The standard InChI is InChI=1S/C14H11N3O3S/c18-14-5-4-11(9-16-14)21(19,20)17-13-3-1-2-10-8-15-7-6-12(10)13/h1-9,17H,(H,16,18). The zero-order valence-corrected chi connectivity index (χ0v) is 11.6. The number of hydrogen-bond acceptors (Lipinski definition) is 4. The first-order chi connectivity index (χ1) is 10.1. The Balaban J connectivity index is 2.05. The molecule has 2 aromatic heterocycles. The maximum Gasteiger partial charge on any atom is 0.263 e. The number of aromatic nitrogens is 2. The number of nitrogens with one attached hydrogen (secondary N) is 2. The fourth-order valence-electron chi connectivity index (χ4n) is 1.98. The van der Waals surface area contributed by atoms with E-state index in [1.54, 1.807) is 30.6 Å². The zero-order chi connectivity index (χ0) is 14.9. The Morgan fingerprint density at radius 2 is 1.95 bits per heavy atom. The lowest BCUT2D eigenvalue weighted by Gasteiger charge is -2.10. The second kappa shape index (κ2) is 5.02. The van der Waals surface area contributed by atoms with E-state index in [1.165, 1.54) is 12.1 Å². The van der Waals surface area contributed by atoms with Crippen molar-refractivity contribution in [2.24, 2.45) is 0 Å². The van der Waals surface area contributed by atoms with Gasteiger partial charge < -0.3 is 4.98 Å². The number of pyridine rings is 2. The van der Waals surface area contributed by atoms with Crippen molar-refractivity contribution in [2.45, 2.75) is 4.90 Å². The molecule has 0 aliphatic rings. The molecule has 106 valence electrons. The number of anilines is 1.